The lowest BCUT2D eigenvalue weighted by molar-refractivity contribution is 0.0873. The van der Waals surface area contributed by atoms with Gasteiger partial charge in [-0.2, -0.15) is 0 Å². The first kappa shape index (κ1) is 17.8. The van der Waals surface area contributed by atoms with Gasteiger partial charge in [0.15, 0.2) is 10.9 Å². The van der Waals surface area contributed by atoms with Gasteiger partial charge in [-0.1, -0.05) is 11.6 Å². The van der Waals surface area contributed by atoms with Crippen LogP contribution >= 0.6 is 23.8 Å². The molecule has 1 aliphatic heterocycles. The second kappa shape index (κ2) is 7.93. The Morgan fingerprint density at radius 3 is 2.28 bits per heavy atom. The van der Waals surface area contributed by atoms with Crippen molar-refractivity contribution in [3.63, 3.8) is 0 Å². The Labute approximate surface area is 156 Å². The molecule has 0 aliphatic carbocycles. The van der Waals surface area contributed by atoms with Gasteiger partial charge in [0.1, 0.15) is 5.82 Å². The highest BCUT2D eigenvalue weighted by molar-refractivity contribution is 7.80. The number of nitrogens with zero attached hydrogens (tertiary/aromatic N) is 1. The third-order valence-electron chi connectivity index (χ3n) is 4.38. The molecule has 1 heterocycles. The Bertz CT molecular complexity index is 756. The molecule has 1 saturated heterocycles. The van der Waals surface area contributed by atoms with Crippen LogP contribution in [0.3, 0.4) is 0 Å². The zero-order valence-corrected chi connectivity index (χ0v) is 15.1. The summed E-state index contributed by atoms with van der Waals surface area (Å²) in [5.41, 5.74) is 1.46. The van der Waals surface area contributed by atoms with Crippen LogP contribution in [0, 0.1) is 11.7 Å². The number of hydrogen-bond donors (Lipinski definition) is 1. The molecule has 6 heteroatoms. The molecule has 0 bridgehead atoms. The summed E-state index contributed by atoms with van der Waals surface area (Å²) in [6, 6.07) is 13.1. The minimum absolute atomic E-state index is 0.00560. The van der Waals surface area contributed by atoms with Gasteiger partial charge >= 0.3 is 0 Å². The van der Waals surface area contributed by atoms with E-state index < -0.39 is 0 Å². The van der Waals surface area contributed by atoms with E-state index >= 15 is 0 Å². The summed E-state index contributed by atoms with van der Waals surface area (Å²) < 4.78 is 12.9. The number of thiocarbonyl (C=S) groups is 1. The topological polar surface area (TPSA) is 32.3 Å². The minimum Gasteiger partial charge on any atom is -0.349 e. The summed E-state index contributed by atoms with van der Waals surface area (Å²) in [7, 11) is 0. The fraction of sp³-hybridized carbons (Fsp3) is 0.263. The summed E-state index contributed by atoms with van der Waals surface area (Å²) >= 11 is 11.3. The predicted molar refractivity (Wildman–Crippen MR) is 103 cm³/mol. The Morgan fingerprint density at radius 2 is 1.68 bits per heavy atom. The van der Waals surface area contributed by atoms with Crippen LogP contribution in [0.25, 0.3) is 0 Å². The number of rotatable bonds is 3. The predicted octanol–water partition coefficient (Wildman–Crippen LogP) is 4.77. The number of anilines is 1. The summed E-state index contributed by atoms with van der Waals surface area (Å²) in [6.07, 6.45) is 1.51. The molecule has 1 N–H and O–H groups in total. The van der Waals surface area contributed by atoms with Crippen LogP contribution in [-0.4, -0.2) is 28.9 Å². The maximum absolute atomic E-state index is 12.9. The van der Waals surface area contributed by atoms with E-state index in [2.05, 4.69) is 5.32 Å². The maximum Gasteiger partial charge on any atom is 0.173 e. The number of carbonyl (C=O) groups is 1. The molecule has 0 amide bonds. The number of benzene rings is 2. The second-order valence-electron chi connectivity index (χ2n) is 6.07. The van der Waals surface area contributed by atoms with Crippen molar-refractivity contribution >= 4 is 40.4 Å². The number of piperidine rings is 1. The van der Waals surface area contributed by atoms with Crippen molar-refractivity contribution in [2.24, 2.45) is 5.92 Å². The Hall–Kier alpha value is -1.98. The van der Waals surface area contributed by atoms with Gasteiger partial charge in [-0.25, -0.2) is 4.39 Å². The first-order chi connectivity index (χ1) is 12.0. The molecular formula is C19H18ClFN2OS. The molecule has 2 aromatic carbocycles. The fourth-order valence-corrected chi connectivity index (χ4v) is 3.36. The summed E-state index contributed by atoms with van der Waals surface area (Å²) in [4.78, 5) is 14.6. The zero-order chi connectivity index (χ0) is 17.8. The quantitative estimate of drug-likeness (QED) is 0.617. The molecule has 0 saturated carbocycles. The molecule has 25 heavy (non-hydrogen) atoms. The van der Waals surface area contributed by atoms with Crippen molar-refractivity contribution in [1.29, 1.82) is 0 Å². The zero-order valence-electron chi connectivity index (χ0n) is 13.5. The van der Waals surface area contributed by atoms with E-state index in [9.17, 15) is 9.18 Å². The van der Waals surface area contributed by atoms with Crippen LogP contribution in [0.1, 0.15) is 23.2 Å². The second-order valence-corrected chi connectivity index (χ2v) is 6.89. The molecule has 0 radical (unpaired) electrons. The third-order valence-corrected chi connectivity index (χ3v) is 4.99. The standard InChI is InChI=1S/C19H18ClFN2OS/c20-15-3-1-13(2-4-15)18(24)14-9-11-23(12-10-14)19(25)22-17-7-5-16(21)6-8-17/h1-8,14H,9-12H2,(H,22,25). The summed E-state index contributed by atoms with van der Waals surface area (Å²) in [6.45, 7) is 1.44. The van der Waals surface area contributed by atoms with E-state index in [-0.39, 0.29) is 17.5 Å². The highest BCUT2D eigenvalue weighted by Gasteiger charge is 2.26. The van der Waals surface area contributed by atoms with Crippen molar-refractivity contribution in [3.05, 3.63) is 64.9 Å². The van der Waals surface area contributed by atoms with Crippen LogP contribution in [0.4, 0.5) is 10.1 Å². The Balaban J connectivity index is 1.54. The average molecular weight is 377 g/mol. The van der Waals surface area contributed by atoms with Crippen LogP contribution in [-0.2, 0) is 0 Å². The van der Waals surface area contributed by atoms with E-state index in [0.29, 0.717) is 15.7 Å². The third kappa shape index (κ3) is 4.55. The molecule has 0 spiro atoms. The van der Waals surface area contributed by atoms with Gasteiger partial charge in [-0.05, 0) is 73.6 Å². The van der Waals surface area contributed by atoms with Crippen LogP contribution in [0.5, 0.6) is 0 Å². The van der Waals surface area contributed by atoms with Gasteiger partial charge in [0, 0.05) is 35.3 Å². The molecule has 3 rings (SSSR count). The normalized spacial score (nSPS) is 15.0. The molecule has 1 fully saturated rings. The van der Waals surface area contributed by atoms with Gasteiger partial charge in [0.05, 0.1) is 0 Å². The molecule has 1 aliphatic rings. The van der Waals surface area contributed by atoms with E-state index in [1.165, 1.54) is 12.1 Å². The molecule has 130 valence electrons. The van der Waals surface area contributed by atoms with Gasteiger partial charge in [0.2, 0.25) is 0 Å². The minimum atomic E-state index is -0.280. The number of ketones is 1. The average Bonchev–Trinajstić information content (AvgIpc) is 2.64. The van der Waals surface area contributed by atoms with E-state index in [1.54, 1.807) is 36.4 Å². The highest BCUT2D eigenvalue weighted by Crippen LogP contribution is 2.23. The SMILES string of the molecule is O=C(c1ccc(Cl)cc1)C1CCN(C(=S)Nc2ccc(F)cc2)CC1. The molecule has 3 nitrogen and oxygen atoms in total. The lowest BCUT2D eigenvalue weighted by Gasteiger charge is -2.33. The van der Waals surface area contributed by atoms with Crippen molar-refractivity contribution in [1.82, 2.24) is 4.90 Å². The Morgan fingerprint density at radius 1 is 1.08 bits per heavy atom. The number of carbonyl (C=O) groups excluding carboxylic acids is 1. The highest BCUT2D eigenvalue weighted by atomic mass is 35.5. The van der Waals surface area contributed by atoms with Gasteiger partial charge < -0.3 is 10.2 Å². The van der Waals surface area contributed by atoms with E-state index in [4.69, 9.17) is 23.8 Å². The number of hydrogen-bond acceptors (Lipinski definition) is 2. The van der Waals surface area contributed by atoms with Gasteiger partial charge in [-0.3, -0.25) is 4.79 Å². The smallest absolute Gasteiger partial charge is 0.173 e. The fourth-order valence-electron chi connectivity index (χ4n) is 2.93. The number of halogens is 2. The number of likely N-dealkylation sites (tertiary alicyclic amines) is 1. The van der Waals surface area contributed by atoms with Crippen molar-refractivity contribution < 1.29 is 9.18 Å². The van der Waals surface area contributed by atoms with Crippen molar-refractivity contribution in [2.75, 3.05) is 18.4 Å². The molecule has 2 aromatic rings. The first-order valence-electron chi connectivity index (χ1n) is 8.14. The summed E-state index contributed by atoms with van der Waals surface area (Å²) in [5, 5.41) is 4.34. The van der Waals surface area contributed by atoms with Crippen molar-refractivity contribution in [2.45, 2.75) is 12.8 Å². The lowest BCUT2D eigenvalue weighted by Crippen LogP contribution is -2.42. The van der Waals surface area contributed by atoms with Crippen LogP contribution < -0.4 is 5.32 Å². The summed E-state index contributed by atoms with van der Waals surface area (Å²) in [5.74, 6) is -0.113. The monoisotopic (exact) mass is 376 g/mol. The van der Waals surface area contributed by atoms with E-state index in [0.717, 1.165) is 31.6 Å². The lowest BCUT2D eigenvalue weighted by atomic mass is 9.89. The van der Waals surface area contributed by atoms with Gasteiger partial charge in [0.25, 0.3) is 0 Å². The van der Waals surface area contributed by atoms with Crippen LogP contribution in [0.2, 0.25) is 5.02 Å². The molecule has 0 atom stereocenters. The first-order valence-corrected chi connectivity index (χ1v) is 8.93. The Kier molecular flexibility index (Phi) is 5.66. The van der Waals surface area contributed by atoms with E-state index in [1.807, 2.05) is 4.90 Å². The van der Waals surface area contributed by atoms with Gasteiger partial charge in [-0.15, -0.1) is 0 Å². The molecule has 0 aromatic heterocycles. The largest absolute Gasteiger partial charge is 0.349 e. The van der Waals surface area contributed by atoms with Crippen LogP contribution in [0.15, 0.2) is 48.5 Å². The number of nitrogens with one attached hydrogen (secondary N) is 1. The van der Waals surface area contributed by atoms with Crippen molar-refractivity contribution in [3.8, 4) is 0 Å². The maximum atomic E-state index is 12.9. The number of Topliss-reactive ketones (excluding diaryl/α,β-unsaturated/α-hetero) is 1. The molecular weight excluding hydrogens is 359 g/mol. The molecule has 0 unspecified atom stereocenters.